The van der Waals surface area contributed by atoms with Gasteiger partial charge in [-0.05, 0) is 77.9 Å². The highest BCUT2D eigenvalue weighted by Crippen LogP contribution is 2.44. The average molecular weight is 821 g/mol. The molecule has 7 nitrogen and oxygen atoms in total. The van der Waals surface area contributed by atoms with Gasteiger partial charge < -0.3 is 17.8 Å². The van der Waals surface area contributed by atoms with Crippen LogP contribution in [0.3, 0.4) is 0 Å². The Kier molecular flexibility index (Phi) is 7.27. The topological polar surface area (TPSA) is 83.0 Å². The molecule has 5 aromatic heterocycles. The predicted octanol–water partition coefficient (Wildman–Crippen LogP) is 15.3. The van der Waals surface area contributed by atoms with Gasteiger partial charge in [0.05, 0.1) is 22.1 Å². The van der Waals surface area contributed by atoms with Crippen molar-refractivity contribution in [3.63, 3.8) is 0 Å². The van der Waals surface area contributed by atoms with Gasteiger partial charge in [-0.1, -0.05) is 127 Å². The molecule has 0 atom stereocenters. The molecule has 14 rings (SSSR count). The van der Waals surface area contributed by atoms with Gasteiger partial charge in [0.15, 0.2) is 17.5 Å². The van der Waals surface area contributed by atoms with Crippen LogP contribution in [0.1, 0.15) is 0 Å². The number of hydrogen-bond donors (Lipinski definition) is 0. The van der Waals surface area contributed by atoms with Gasteiger partial charge in [0.25, 0.3) is 0 Å². The summed E-state index contributed by atoms with van der Waals surface area (Å²) in [5, 5.41) is 8.55. The quantitative estimate of drug-likeness (QED) is 0.172. The van der Waals surface area contributed by atoms with E-state index in [-0.39, 0.29) is 0 Å². The van der Waals surface area contributed by atoms with Crippen molar-refractivity contribution in [3.8, 4) is 51.0 Å². The Bertz CT molecular complexity index is 4160. The summed E-state index contributed by atoms with van der Waals surface area (Å²) in [5.41, 5.74) is 12.8. The van der Waals surface area contributed by atoms with E-state index in [1.165, 1.54) is 10.8 Å². The number of rotatable bonds is 5. The lowest BCUT2D eigenvalue weighted by molar-refractivity contribution is 0.668. The van der Waals surface area contributed by atoms with E-state index in [1.54, 1.807) is 0 Å². The van der Waals surface area contributed by atoms with Crippen molar-refractivity contribution in [3.05, 3.63) is 194 Å². The minimum Gasteiger partial charge on any atom is -0.456 e. The van der Waals surface area contributed by atoms with Crippen LogP contribution >= 0.6 is 0 Å². The third kappa shape index (κ3) is 5.12. The lowest BCUT2D eigenvalue weighted by atomic mass is 9.96. The van der Waals surface area contributed by atoms with Crippen LogP contribution in [0.25, 0.3) is 139 Å². The molecule has 5 heterocycles. The van der Waals surface area contributed by atoms with Gasteiger partial charge in [0.1, 0.15) is 33.5 Å². The van der Waals surface area contributed by atoms with E-state index in [9.17, 15) is 0 Å². The van der Waals surface area contributed by atoms with E-state index in [2.05, 4.69) is 132 Å². The average Bonchev–Trinajstić information content (AvgIpc) is 4.12. The Morgan fingerprint density at radius 1 is 0.297 bits per heavy atom. The monoisotopic (exact) mass is 820 g/mol. The van der Waals surface area contributed by atoms with Crippen LogP contribution in [0.15, 0.2) is 207 Å². The Balaban J connectivity index is 0.978. The molecule has 0 fully saturated rings. The van der Waals surface area contributed by atoms with Crippen LogP contribution in [0.4, 0.5) is 0 Å². The van der Waals surface area contributed by atoms with Gasteiger partial charge in [-0.25, -0.2) is 15.0 Å². The zero-order valence-corrected chi connectivity index (χ0v) is 34.0. The van der Waals surface area contributed by atoms with Gasteiger partial charge in [0.2, 0.25) is 0 Å². The third-order valence-corrected chi connectivity index (χ3v) is 12.7. The highest BCUT2D eigenvalue weighted by atomic mass is 16.3. The fraction of sp³-hybridized carbons (Fsp3) is 0. The SMILES string of the molecule is c1ccc(-c2nc(-c3ccc4c(c3)oc3ccccc34)nc(-c3cccc4oc5ccc(-c6cccc7oc8cccc(-n9c%10ccccc%10c%10ccccc%109)c8c67)cc5c34)n2)cc1. The van der Waals surface area contributed by atoms with Crippen molar-refractivity contribution in [2.45, 2.75) is 0 Å². The number of para-hydroxylation sites is 3. The van der Waals surface area contributed by atoms with Gasteiger partial charge in [-0.3, -0.25) is 0 Å². The number of nitrogens with zero attached hydrogens (tertiary/aromatic N) is 4. The molecule has 0 aliphatic heterocycles. The summed E-state index contributed by atoms with van der Waals surface area (Å²) in [6.07, 6.45) is 0. The molecule has 14 aromatic rings. The van der Waals surface area contributed by atoms with E-state index < -0.39 is 0 Å². The number of furan rings is 3. The molecule has 64 heavy (non-hydrogen) atoms. The Labute approximate surface area is 364 Å². The van der Waals surface area contributed by atoms with Crippen LogP contribution in [0.5, 0.6) is 0 Å². The molecular formula is C57H32N4O3. The molecule has 0 radical (unpaired) electrons. The number of aromatic nitrogens is 4. The highest BCUT2D eigenvalue weighted by Gasteiger charge is 2.22. The largest absolute Gasteiger partial charge is 0.456 e. The van der Waals surface area contributed by atoms with Crippen molar-refractivity contribution in [2.24, 2.45) is 0 Å². The van der Waals surface area contributed by atoms with Crippen LogP contribution in [-0.2, 0) is 0 Å². The lowest BCUT2D eigenvalue weighted by Gasteiger charge is -2.11. The van der Waals surface area contributed by atoms with Gasteiger partial charge >= 0.3 is 0 Å². The van der Waals surface area contributed by atoms with E-state index >= 15 is 0 Å². The normalized spacial score (nSPS) is 12.1. The maximum Gasteiger partial charge on any atom is 0.164 e. The first-order chi connectivity index (χ1) is 31.7. The summed E-state index contributed by atoms with van der Waals surface area (Å²) in [6.45, 7) is 0. The lowest BCUT2D eigenvalue weighted by Crippen LogP contribution is -2.00. The van der Waals surface area contributed by atoms with Crippen molar-refractivity contribution in [2.75, 3.05) is 0 Å². The summed E-state index contributed by atoms with van der Waals surface area (Å²) in [4.78, 5) is 15.4. The molecule has 0 N–H and O–H groups in total. The van der Waals surface area contributed by atoms with E-state index in [1.807, 2.05) is 66.7 Å². The van der Waals surface area contributed by atoms with Crippen molar-refractivity contribution < 1.29 is 13.3 Å². The fourth-order valence-corrected chi connectivity index (χ4v) is 9.84. The Morgan fingerprint density at radius 2 is 0.844 bits per heavy atom. The molecule has 7 heteroatoms. The van der Waals surface area contributed by atoms with Crippen molar-refractivity contribution in [1.29, 1.82) is 0 Å². The third-order valence-electron chi connectivity index (χ3n) is 12.7. The molecule has 0 unspecified atom stereocenters. The molecule has 298 valence electrons. The smallest absolute Gasteiger partial charge is 0.164 e. The van der Waals surface area contributed by atoms with Gasteiger partial charge in [-0.2, -0.15) is 0 Å². The summed E-state index contributed by atoms with van der Waals surface area (Å²) in [5.74, 6) is 1.67. The van der Waals surface area contributed by atoms with Gasteiger partial charge in [0, 0.05) is 54.4 Å². The zero-order valence-electron chi connectivity index (χ0n) is 34.0. The van der Waals surface area contributed by atoms with Crippen LogP contribution in [-0.4, -0.2) is 19.5 Å². The van der Waals surface area contributed by atoms with Crippen molar-refractivity contribution in [1.82, 2.24) is 19.5 Å². The maximum absolute atomic E-state index is 6.67. The first-order valence-corrected chi connectivity index (χ1v) is 21.3. The molecule has 0 aliphatic carbocycles. The second-order valence-corrected chi connectivity index (χ2v) is 16.3. The molecule has 0 spiro atoms. The molecule has 0 saturated carbocycles. The zero-order chi connectivity index (χ0) is 41.9. The standard InChI is InChI=1S/C57H32N4O3/c1-2-13-33(14-3-1)55-58-56(35-27-29-40-39-17-6-9-23-46(39)63-51(40)32-35)60-57(59-55)41-19-11-24-48-52(41)42-31-34(28-30-47(42)62-48)36-18-10-25-49-53(36)54-45(22-12-26-50(54)64-49)61-43-20-7-4-15-37(43)38-16-5-8-21-44(38)61/h1-32H. The maximum atomic E-state index is 6.67. The van der Waals surface area contributed by atoms with Gasteiger partial charge in [-0.15, -0.1) is 0 Å². The Hall–Kier alpha value is -8.81. The summed E-state index contributed by atoms with van der Waals surface area (Å²) >= 11 is 0. The molecule has 9 aromatic carbocycles. The summed E-state index contributed by atoms with van der Waals surface area (Å²) < 4.78 is 21.9. The second kappa shape index (κ2) is 13.3. The molecular weight excluding hydrogens is 789 g/mol. The Morgan fingerprint density at radius 3 is 1.64 bits per heavy atom. The summed E-state index contributed by atoms with van der Waals surface area (Å²) in [6, 6.07) is 66.8. The predicted molar refractivity (Wildman–Crippen MR) is 258 cm³/mol. The van der Waals surface area contributed by atoms with Crippen LogP contribution in [0, 0.1) is 0 Å². The van der Waals surface area contributed by atoms with E-state index in [0.717, 1.165) is 110 Å². The van der Waals surface area contributed by atoms with Crippen molar-refractivity contribution >= 4 is 87.6 Å². The molecule has 0 saturated heterocycles. The van der Waals surface area contributed by atoms with Crippen LogP contribution in [0.2, 0.25) is 0 Å². The van der Waals surface area contributed by atoms with E-state index in [4.69, 9.17) is 28.2 Å². The molecule has 0 amide bonds. The van der Waals surface area contributed by atoms with E-state index in [0.29, 0.717) is 17.5 Å². The number of benzene rings is 9. The number of hydrogen-bond acceptors (Lipinski definition) is 6. The second-order valence-electron chi connectivity index (χ2n) is 16.3. The highest BCUT2D eigenvalue weighted by molar-refractivity contribution is 6.19. The molecule has 0 bridgehead atoms. The minimum absolute atomic E-state index is 0.547. The first-order valence-electron chi connectivity index (χ1n) is 21.3. The van der Waals surface area contributed by atoms with Crippen LogP contribution < -0.4 is 0 Å². The fourth-order valence-electron chi connectivity index (χ4n) is 9.84. The summed E-state index contributed by atoms with van der Waals surface area (Å²) in [7, 11) is 0. The molecule has 0 aliphatic rings. The first kappa shape index (κ1) is 34.9. The minimum atomic E-state index is 0.547. The number of fused-ring (bicyclic) bond motifs is 12.